The molecule has 1 aromatic carbocycles. The van der Waals surface area contributed by atoms with Crippen LogP contribution >= 0.6 is 11.6 Å². The predicted octanol–water partition coefficient (Wildman–Crippen LogP) is 3.41. The number of hydrogen-bond donors (Lipinski definition) is 2. The first-order valence-electron chi connectivity index (χ1n) is 8.44. The zero-order chi connectivity index (χ0) is 18.8. The minimum atomic E-state index is -0.863. The minimum absolute atomic E-state index is 0.142. The fourth-order valence-electron chi connectivity index (χ4n) is 3.19. The normalized spacial score (nSPS) is 20.0. The number of hydrogen-bond acceptors (Lipinski definition) is 3. The molecule has 1 saturated heterocycles. The van der Waals surface area contributed by atoms with Crippen LogP contribution in [0.4, 0.5) is 10.6 Å². The maximum atomic E-state index is 12.6. The molecule has 0 spiro atoms. The summed E-state index contributed by atoms with van der Waals surface area (Å²) in [5, 5.41) is 17.1. The van der Waals surface area contributed by atoms with Gasteiger partial charge in [0.1, 0.15) is 0 Å². The molecule has 0 saturated carbocycles. The van der Waals surface area contributed by atoms with Crippen molar-refractivity contribution < 1.29 is 14.7 Å². The third kappa shape index (κ3) is 3.99. The van der Waals surface area contributed by atoms with Crippen LogP contribution in [0, 0.1) is 18.8 Å². The van der Waals surface area contributed by atoms with Crippen LogP contribution in [0.5, 0.6) is 0 Å². The monoisotopic (exact) mass is 376 g/mol. The molecule has 3 rings (SSSR count). The smallest absolute Gasteiger partial charge is 0.323 e. The molecule has 2 atom stereocenters. The summed E-state index contributed by atoms with van der Waals surface area (Å²) in [5.74, 6) is -0.798. The van der Waals surface area contributed by atoms with Gasteiger partial charge in [-0.3, -0.25) is 10.1 Å². The van der Waals surface area contributed by atoms with Gasteiger partial charge in [0, 0.05) is 29.9 Å². The van der Waals surface area contributed by atoms with Gasteiger partial charge in [0.15, 0.2) is 5.82 Å². The van der Waals surface area contributed by atoms with E-state index in [4.69, 9.17) is 11.6 Å². The van der Waals surface area contributed by atoms with E-state index in [0.717, 1.165) is 11.3 Å². The molecule has 0 bridgehead atoms. The highest BCUT2D eigenvalue weighted by Crippen LogP contribution is 2.23. The highest BCUT2D eigenvalue weighted by molar-refractivity contribution is 6.30. The lowest BCUT2D eigenvalue weighted by Gasteiger charge is -2.34. The number of carboxylic acids is 1. The zero-order valence-electron chi connectivity index (χ0n) is 14.6. The average Bonchev–Trinajstić information content (AvgIpc) is 2.95. The van der Waals surface area contributed by atoms with E-state index < -0.39 is 11.9 Å². The fourth-order valence-corrected chi connectivity index (χ4v) is 3.31. The topological polar surface area (TPSA) is 87.5 Å². The van der Waals surface area contributed by atoms with Crippen molar-refractivity contribution in [2.75, 3.05) is 18.4 Å². The van der Waals surface area contributed by atoms with Gasteiger partial charge in [-0.1, -0.05) is 18.5 Å². The summed E-state index contributed by atoms with van der Waals surface area (Å²) in [7, 11) is 0. The summed E-state index contributed by atoms with van der Waals surface area (Å²) in [6.45, 7) is 4.55. The number of urea groups is 1. The number of aromatic nitrogens is 2. The Hall–Kier alpha value is -2.54. The molecular weight excluding hydrogens is 356 g/mol. The Bertz CT molecular complexity index is 818. The van der Waals surface area contributed by atoms with Gasteiger partial charge in [-0.2, -0.15) is 0 Å². The molecule has 1 aliphatic rings. The molecule has 2 N–H and O–H groups in total. The van der Waals surface area contributed by atoms with Crippen molar-refractivity contribution in [3.8, 4) is 5.69 Å². The molecule has 8 heteroatoms. The van der Waals surface area contributed by atoms with Crippen molar-refractivity contribution >= 4 is 29.4 Å². The molecular formula is C18H21ClN4O3. The number of aliphatic carboxylic acids is 1. The molecule has 138 valence electrons. The summed E-state index contributed by atoms with van der Waals surface area (Å²) in [5.41, 5.74) is 1.64. The molecule has 1 aromatic heterocycles. The Morgan fingerprint density at radius 2 is 1.96 bits per heavy atom. The molecule has 2 heterocycles. The molecule has 26 heavy (non-hydrogen) atoms. The van der Waals surface area contributed by atoms with Crippen molar-refractivity contribution in [3.63, 3.8) is 0 Å². The lowest BCUT2D eigenvalue weighted by Crippen LogP contribution is -2.47. The predicted molar refractivity (Wildman–Crippen MR) is 98.8 cm³/mol. The van der Waals surface area contributed by atoms with Gasteiger partial charge in [0.05, 0.1) is 11.6 Å². The quantitative estimate of drug-likeness (QED) is 0.859. The number of carbonyl (C=O) groups is 2. The molecule has 1 aliphatic heterocycles. The Morgan fingerprint density at radius 3 is 2.62 bits per heavy atom. The SMILES string of the molecule is Cc1cn(-c2ccc(Cl)cc2)nc1NC(=O)N1CC(C)CC(C(=O)O)C1. The number of likely N-dealkylation sites (tertiary alicyclic amines) is 1. The van der Waals surface area contributed by atoms with Gasteiger partial charge in [-0.05, 0) is 43.5 Å². The molecule has 1 fully saturated rings. The maximum Gasteiger partial charge on any atom is 0.323 e. The molecule has 2 unspecified atom stereocenters. The number of aryl methyl sites for hydroxylation is 1. The summed E-state index contributed by atoms with van der Waals surface area (Å²) in [6, 6.07) is 6.89. The standard InChI is InChI=1S/C18H21ClN4O3/c1-11-7-13(17(24)25)10-22(8-11)18(26)20-16-12(2)9-23(21-16)15-5-3-14(19)4-6-15/h3-6,9,11,13H,7-8,10H2,1-2H3,(H,24,25)(H,20,21,26). The van der Waals surface area contributed by atoms with Gasteiger partial charge in [0.25, 0.3) is 0 Å². The molecule has 7 nitrogen and oxygen atoms in total. The van der Waals surface area contributed by atoms with E-state index >= 15 is 0 Å². The first kappa shape index (κ1) is 18.3. The second-order valence-corrected chi connectivity index (χ2v) is 7.23. The molecule has 0 aliphatic carbocycles. The molecule has 2 aromatic rings. The van der Waals surface area contributed by atoms with Crippen LogP contribution in [0.3, 0.4) is 0 Å². The number of anilines is 1. The van der Waals surface area contributed by atoms with Gasteiger partial charge >= 0.3 is 12.0 Å². The zero-order valence-corrected chi connectivity index (χ0v) is 15.4. The number of nitrogens with zero attached hydrogens (tertiary/aromatic N) is 3. The number of nitrogens with one attached hydrogen (secondary N) is 1. The Morgan fingerprint density at radius 1 is 1.27 bits per heavy atom. The second-order valence-electron chi connectivity index (χ2n) is 6.79. The van der Waals surface area contributed by atoms with E-state index in [1.54, 1.807) is 21.7 Å². The van der Waals surface area contributed by atoms with Crippen LogP contribution in [0.2, 0.25) is 5.02 Å². The number of piperidine rings is 1. The third-order valence-electron chi connectivity index (χ3n) is 4.51. The molecule has 2 amide bonds. The van der Waals surface area contributed by atoms with E-state index in [0.29, 0.717) is 23.8 Å². The first-order chi connectivity index (χ1) is 12.3. The lowest BCUT2D eigenvalue weighted by atomic mass is 9.91. The first-order valence-corrected chi connectivity index (χ1v) is 8.82. The van der Waals surface area contributed by atoms with Crippen molar-refractivity contribution in [3.05, 3.63) is 41.0 Å². The minimum Gasteiger partial charge on any atom is -0.481 e. The largest absolute Gasteiger partial charge is 0.481 e. The summed E-state index contributed by atoms with van der Waals surface area (Å²) in [6.07, 6.45) is 2.40. The van der Waals surface area contributed by atoms with Crippen LogP contribution < -0.4 is 5.32 Å². The number of rotatable bonds is 3. The second kappa shape index (κ2) is 7.37. The van der Waals surface area contributed by atoms with Crippen LogP contribution in [-0.4, -0.2) is 44.9 Å². The van der Waals surface area contributed by atoms with E-state index in [-0.39, 0.29) is 18.5 Å². The van der Waals surface area contributed by atoms with Crippen molar-refractivity contribution in [1.82, 2.24) is 14.7 Å². The summed E-state index contributed by atoms with van der Waals surface area (Å²) in [4.78, 5) is 25.4. The Kier molecular flexibility index (Phi) is 5.18. The highest BCUT2D eigenvalue weighted by Gasteiger charge is 2.32. The number of carbonyl (C=O) groups excluding carboxylic acids is 1. The number of benzene rings is 1. The van der Waals surface area contributed by atoms with E-state index in [9.17, 15) is 14.7 Å². The molecule has 0 radical (unpaired) electrons. The van der Waals surface area contributed by atoms with Crippen LogP contribution in [0.15, 0.2) is 30.5 Å². The Labute approximate surface area is 156 Å². The van der Waals surface area contributed by atoms with Crippen LogP contribution in [0.25, 0.3) is 5.69 Å². The number of halogens is 1. The summed E-state index contributed by atoms with van der Waals surface area (Å²) >= 11 is 5.90. The van der Waals surface area contributed by atoms with E-state index in [1.807, 2.05) is 32.2 Å². The lowest BCUT2D eigenvalue weighted by molar-refractivity contribution is -0.143. The summed E-state index contributed by atoms with van der Waals surface area (Å²) < 4.78 is 1.67. The van der Waals surface area contributed by atoms with E-state index in [2.05, 4.69) is 10.4 Å². The fraction of sp³-hybridized carbons (Fsp3) is 0.389. The van der Waals surface area contributed by atoms with Gasteiger partial charge in [-0.15, -0.1) is 5.10 Å². The number of amides is 2. The van der Waals surface area contributed by atoms with Gasteiger partial charge in [0.2, 0.25) is 0 Å². The van der Waals surface area contributed by atoms with Crippen LogP contribution in [-0.2, 0) is 4.79 Å². The van der Waals surface area contributed by atoms with Crippen molar-refractivity contribution in [2.45, 2.75) is 20.3 Å². The van der Waals surface area contributed by atoms with Crippen molar-refractivity contribution in [2.24, 2.45) is 11.8 Å². The van der Waals surface area contributed by atoms with Gasteiger partial charge in [-0.25, -0.2) is 9.48 Å². The Balaban J connectivity index is 1.73. The van der Waals surface area contributed by atoms with Crippen molar-refractivity contribution in [1.29, 1.82) is 0 Å². The maximum absolute atomic E-state index is 12.6. The number of carboxylic acid groups (broad SMARTS) is 1. The third-order valence-corrected chi connectivity index (χ3v) is 4.76. The highest BCUT2D eigenvalue weighted by atomic mass is 35.5. The van der Waals surface area contributed by atoms with Gasteiger partial charge < -0.3 is 10.0 Å². The average molecular weight is 377 g/mol. The van der Waals surface area contributed by atoms with Crippen LogP contribution in [0.1, 0.15) is 18.9 Å². The van der Waals surface area contributed by atoms with E-state index in [1.165, 1.54) is 0 Å².